The molecule has 1 aliphatic heterocycles. The van der Waals surface area contributed by atoms with Gasteiger partial charge in [0.25, 0.3) is 5.67 Å². The fourth-order valence-corrected chi connectivity index (χ4v) is 2.92. The van der Waals surface area contributed by atoms with Gasteiger partial charge in [0, 0.05) is 15.5 Å². The van der Waals surface area contributed by atoms with Crippen molar-refractivity contribution in [2.24, 2.45) is 5.16 Å². The predicted octanol–water partition coefficient (Wildman–Crippen LogP) is 3.37. The molecular weight excluding hydrogens is 351 g/mol. The van der Waals surface area contributed by atoms with Crippen LogP contribution in [0.2, 0.25) is 5.02 Å². The van der Waals surface area contributed by atoms with Gasteiger partial charge < -0.3 is 4.84 Å². The Morgan fingerprint density at radius 1 is 1.20 bits per heavy atom. The molecule has 0 N–H and O–H groups in total. The minimum absolute atomic E-state index is 0.266. The van der Waals surface area contributed by atoms with Gasteiger partial charge in [-0.05, 0) is 17.7 Å². The van der Waals surface area contributed by atoms with E-state index in [1.807, 2.05) is 0 Å². The summed E-state index contributed by atoms with van der Waals surface area (Å²) in [7, 11) is 0. The van der Waals surface area contributed by atoms with Crippen molar-refractivity contribution in [3.8, 4) is 0 Å². The SMILES string of the molecule is O=C1ON=C(c2ccc(Cl)cc2)[C@@]1(F)[C@H](C[N+](=O)[O-])c1ccccc1. The van der Waals surface area contributed by atoms with E-state index in [0.29, 0.717) is 10.6 Å². The maximum Gasteiger partial charge on any atom is 0.379 e. The molecule has 2 aromatic rings. The smallest absolute Gasteiger partial charge is 0.314 e. The van der Waals surface area contributed by atoms with Crippen molar-refractivity contribution < 1.29 is 18.9 Å². The second-order valence-corrected chi connectivity index (χ2v) is 5.95. The van der Waals surface area contributed by atoms with E-state index in [2.05, 4.69) is 9.99 Å². The topological polar surface area (TPSA) is 81.8 Å². The Hall–Kier alpha value is -2.80. The summed E-state index contributed by atoms with van der Waals surface area (Å²) in [4.78, 5) is 27.2. The maximum atomic E-state index is 15.9. The first-order valence-corrected chi connectivity index (χ1v) is 7.72. The minimum Gasteiger partial charge on any atom is -0.314 e. The van der Waals surface area contributed by atoms with Crippen LogP contribution in [0.15, 0.2) is 59.8 Å². The second kappa shape index (κ2) is 6.60. The lowest BCUT2D eigenvalue weighted by Crippen LogP contribution is -2.47. The van der Waals surface area contributed by atoms with Gasteiger partial charge in [-0.3, -0.25) is 10.1 Å². The quantitative estimate of drug-likeness (QED) is 0.464. The van der Waals surface area contributed by atoms with Gasteiger partial charge in [0.1, 0.15) is 5.71 Å². The third kappa shape index (κ3) is 3.10. The van der Waals surface area contributed by atoms with Crippen LogP contribution in [0.5, 0.6) is 0 Å². The largest absolute Gasteiger partial charge is 0.379 e. The Morgan fingerprint density at radius 2 is 1.84 bits per heavy atom. The molecule has 0 aliphatic carbocycles. The van der Waals surface area contributed by atoms with Crippen LogP contribution in [0.3, 0.4) is 0 Å². The number of benzene rings is 2. The van der Waals surface area contributed by atoms with Gasteiger partial charge in [0.2, 0.25) is 6.54 Å². The summed E-state index contributed by atoms with van der Waals surface area (Å²) >= 11 is 5.82. The molecule has 2 atom stereocenters. The number of hydrogen-bond acceptors (Lipinski definition) is 5. The minimum atomic E-state index is -2.78. The fourth-order valence-electron chi connectivity index (χ4n) is 2.79. The van der Waals surface area contributed by atoms with E-state index < -0.39 is 29.0 Å². The van der Waals surface area contributed by atoms with Crippen molar-refractivity contribution in [1.82, 2.24) is 0 Å². The molecule has 0 saturated heterocycles. The summed E-state index contributed by atoms with van der Waals surface area (Å²) in [5.41, 5.74) is -2.50. The number of alkyl halides is 1. The van der Waals surface area contributed by atoms with Crippen molar-refractivity contribution in [2.75, 3.05) is 6.54 Å². The summed E-state index contributed by atoms with van der Waals surface area (Å²) in [5, 5.41) is 15.1. The Labute approximate surface area is 147 Å². The third-order valence-corrected chi connectivity index (χ3v) is 4.24. The highest BCUT2D eigenvalue weighted by atomic mass is 35.5. The van der Waals surface area contributed by atoms with Gasteiger partial charge in [-0.15, -0.1) is 0 Å². The third-order valence-electron chi connectivity index (χ3n) is 3.99. The summed E-state index contributed by atoms with van der Waals surface area (Å²) in [6.45, 7) is -0.789. The van der Waals surface area contributed by atoms with Crippen LogP contribution in [0.25, 0.3) is 0 Å². The highest BCUT2D eigenvalue weighted by Gasteiger charge is 2.59. The first-order chi connectivity index (χ1) is 11.9. The molecule has 1 heterocycles. The predicted molar refractivity (Wildman–Crippen MR) is 89.0 cm³/mol. The number of oxime groups is 1. The summed E-state index contributed by atoms with van der Waals surface area (Å²) < 4.78 is 15.9. The molecule has 25 heavy (non-hydrogen) atoms. The molecule has 128 valence electrons. The average molecular weight is 363 g/mol. The van der Waals surface area contributed by atoms with E-state index in [9.17, 15) is 14.9 Å². The molecule has 2 aromatic carbocycles. The Balaban J connectivity index is 2.10. The van der Waals surface area contributed by atoms with Crippen molar-refractivity contribution in [3.05, 3.63) is 80.9 Å². The first-order valence-electron chi connectivity index (χ1n) is 7.34. The molecule has 0 aromatic heterocycles. The van der Waals surface area contributed by atoms with E-state index in [1.165, 1.54) is 36.4 Å². The number of carbonyl (C=O) groups is 1. The molecule has 0 spiro atoms. The zero-order valence-electron chi connectivity index (χ0n) is 12.8. The highest BCUT2D eigenvalue weighted by molar-refractivity contribution is 6.30. The number of hydrogen-bond donors (Lipinski definition) is 0. The zero-order chi connectivity index (χ0) is 18.0. The van der Waals surface area contributed by atoms with Crippen LogP contribution in [0.4, 0.5) is 4.39 Å². The molecule has 0 radical (unpaired) electrons. The van der Waals surface area contributed by atoms with Crippen LogP contribution in [0.1, 0.15) is 17.0 Å². The number of rotatable bonds is 5. The van der Waals surface area contributed by atoms with Crippen LogP contribution < -0.4 is 0 Å². The van der Waals surface area contributed by atoms with Crippen LogP contribution in [-0.2, 0) is 9.63 Å². The monoisotopic (exact) mass is 362 g/mol. The normalized spacial score (nSPS) is 20.7. The molecule has 0 unspecified atom stereocenters. The van der Waals surface area contributed by atoms with Gasteiger partial charge in [0.05, 0.1) is 5.92 Å². The van der Waals surface area contributed by atoms with Crippen LogP contribution >= 0.6 is 11.6 Å². The van der Waals surface area contributed by atoms with Crippen LogP contribution in [-0.4, -0.2) is 28.8 Å². The molecule has 0 bridgehead atoms. The molecule has 3 rings (SSSR count). The lowest BCUT2D eigenvalue weighted by atomic mass is 9.78. The molecule has 8 heteroatoms. The number of carbonyl (C=O) groups excluding carboxylic acids is 1. The van der Waals surface area contributed by atoms with Crippen LogP contribution in [0, 0.1) is 10.1 Å². The van der Waals surface area contributed by atoms with Gasteiger partial charge in [0.15, 0.2) is 0 Å². The van der Waals surface area contributed by atoms with Gasteiger partial charge in [-0.1, -0.05) is 59.2 Å². The molecule has 0 fully saturated rings. The Bertz CT molecular complexity index is 841. The van der Waals surface area contributed by atoms with E-state index in [-0.39, 0.29) is 11.3 Å². The number of nitrogens with zero attached hydrogens (tertiary/aromatic N) is 2. The van der Waals surface area contributed by atoms with Gasteiger partial charge >= 0.3 is 5.97 Å². The van der Waals surface area contributed by atoms with E-state index in [4.69, 9.17) is 11.6 Å². The zero-order valence-corrected chi connectivity index (χ0v) is 13.5. The number of halogens is 2. The standard InChI is InChI=1S/C17H12ClFN2O4/c18-13-8-6-12(7-9-13)15-17(19,16(22)25-20-15)14(10-21(23)24)11-4-2-1-3-5-11/h1-9,14H,10H2/t14-,17+/m1/s1. The van der Waals surface area contributed by atoms with E-state index in [0.717, 1.165) is 0 Å². The highest BCUT2D eigenvalue weighted by Crippen LogP contribution is 2.40. The number of nitro groups is 1. The van der Waals surface area contributed by atoms with E-state index >= 15 is 4.39 Å². The lowest BCUT2D eigenvalue weighted by molar-refractivity contribution is -0.485. The first kappa shape index (κ1) is 17.0. The maximum absolute atomic E-state index is 15.9. The second-order valence-electron chi connectivity index (χ2n) is 5.52. The lowest BCUT2D eigenvalue weighted by Gasteiger charge is -2.25. The van der Waals surface area contributed by atoms with Crippen molar-refractivity contribution >= 4 is 23.3 Å². The summed E-state index contributed by atoms with van der Waals surface area (Å²) in [6.07, 6.45) is 0. The summed E-state index contributed by atoms with van der Waals surface area (Å²) in [6, 6.07) is 14.0. The van der Waals surface area contributed by atoms with Crippen molar-refractivity contribution in [2.45, 2.75) is 11.6 Å². The molecule has 1 aliphatic rings. The molecule has 0 amide bonds. The Kier molecular flexibility index (Phi) is 4.50. The molecular formula is C17H12ClFN2O4. The van der Waals surface area contributed by atoms with Crippen molar-refractivity contribution in [3.63, 3.8) is 0 Å². The van der Waals surface area contributed by atoms with Crippen molar-refractivity contribution in [1.29, 1.82) is 0 Å². The Morgan fingerprint density at radius 3 is 2.44 bits per heavy atom. The molecule has 0 saturated carbocycles. The van der Waals surface area contributed by atoms with Gasteiger partial charge in [-0.2, -0.15) is 0 Å². The van der Waals surface area contributed by atoms with Gasteiger partial charge in [-0.25, -0.2) is 9.18 Å². The average Bonchev–Trinajstić information content (AvgIpc) is 2.90. The summed E-state index contributed by atoms with van der Waals surface area (Å²) in [5.74, 6) is -2.65. The molecule has 6 nitrogen and oxygen atoms in total. The van der Waals surface area contributed by atoms with E-state index in [1.54, 1.807) is 18.2 Å². The fraction of sp³-hybridized carbons (Fsp3) is 0.176.